The number of rotatable bonds is 4. The van der Waals surface area contributed by atoms with E-state index in [1.54, 1.807) is 13.2 Å². The Morgan fingerprint density at radius 3 is 2.19 bits per heavy atom. The number of hydrazine groups is 2. The van der Waals surface area contributed by atoms with Gasteiger partial charge in [-0.3, -0.25) is 4.79 Å². The number of carbonyl (C=O) groups is 1. The Kier molecular flexibility index (Phi) is 4.21. The number of aryl methyl sites for hydroxylation is 1. The number of aromatic nitrogens is 3. The molecule has 2 atom stereocenters. The highest BCUT2D eigenvalue weighted by Crippen LogP contribution is 2.26. The Balaban J connectivity index is 1.54. The highest BCUT2D eigenvalue weighted by Gasteiger charge is 2.33. The highest BCUT2D eigenvalue weighted by molar-refractivity contribution is 5.75. The van der Waals surface area contributed by atoms with Crippen LogP contribution in [0.3, 0.4) is 0 Å². The lowest BCUT2D eigenvalue weighted by Crippen LogP contribution is -2.38. The summed E-state index contributed by atoms with van der Waals surface area (Å²) < 4.78 is 0. The topological polar surface area (TPSA) is 104 Å². The van der Waals surface area contributed by atoms with Gasteiger partial charge in [-0.2, -0.15) is 20.5 Å². The molecule has 1 aliphatic rings. The summed E-state index contributed by atoms with van der Waals surface area (Å²) in [5, 5.41) is 17.6. The molecule has 0 radical (unpaired) electrons. The lowest BCUT2D eigenvalue weighted by atomic mass is 9.97. The first-order valence-corrected chi connectivity index (χ1v) is 8.18. The third-order valence-corrected chi connectivity index (χ3v) is 4.44. The van der Waals surface area contributed by atoms with Gasteiger partial charge in [0.2, 0.25) is 0 Å². The summed E-state index contributed by atoms with van der Waals surface area (Å²) in [6, 6.07) is 14.9. The van der Waals surface area contributed by atoms with Gasteiger partial charge in [0, 0.05) is 12.6 Å². The molecule has 0 spiro atoms. The highest BCUT2D eigenvalue weighted by atomic mass is 16.4. The maximum atomic E-state index is 11.3. The molecular formula is C18H18N6O2. The van der Waals surface area contributed by atoms with Crippen molar-refractivity contribution in [2.45, 2.75) is 12.1 Å². The quantitative estimate of drug-likeness (QED) is 0.561. The fourth-order valence-electron chi connectivity index (χ4n) is 3.04. The Morgan fingerprint density at radius 1 is 1.00 bits per heavy atom. The van der Waals surface area contributed by atoms with Crippen molar-refractivity contribution in [1.29, 1.82) is 0 Å². The van der Waals surface area contributed by atoms with Crippen LogP contribution in [0.5, 0.6) is 0 Å². The van der Waals surface area contributed by atoms with Gasteiger partial charge in [0.1, 0.15) is 11.7 Å². The molecule has 3 aromatic rings. The summed E-state index contributed by atoms with van der Waals surface area (Å²) in [5.41, 5.74) is 13.2. The fraction of sp³-hybridized carbons (Fsp3) is 0.167. The van der Waals surface area contributed by atoms with E-state index >= 15 is 0 Å². The van der Waals surface area contributed by atoms with Gasteiger partial charge >= 0.3 is 5.97 Å². The Bertz CT molecular complexity index is 920. The second kappa shape index (κ2) is 6.68. The van der Waals surface area contributed by atoms with E-state index in [1.165, 1.54) is 4.80 Å². The maximum absolute atomic E-state index is 11.3. The molecule has 2 unspecified atom stereocenters. The first-order valence-electron chi connectivity index (χ1n) is 8.18. The Labute approximate surface area is 149 Å². The number of benzene rings is 2. The second-order valence-corrected chi connectivity index (χ2v) is 6.13. The number of aliphatic carboxylic acids is 1. The molecule has 1 saturated heterocycles. The first-order chi connectivity index (χ1) is 12.6. The summed E-state index contributed by atoms with van der Waals surface area (Å²) >= 11 is 0. The van der Waals surface area contributed by atoms with E-state index in [2.05, 4.69) is 26.6 Å². The van der Waals surface area contributed by atoms with Crippen LogP contribution in [0.2, 0.25) is 0 Å². The number of carboxylic acid groups (broad SMARTS) is 1. The van der Waals surface area contributed by atoms with Crippen LogP contribution < -0.4 is 16.4 Å². The van der Waals surface area contributed by atoms with Gasteiger partial charge in [-0.1, -0.05) is 48.5 Å². The number of carboxylic acids is 1. The number of nitrogens with one attached hydrogen (secondary N) is 3. The summed E-state index contributed by atoms with van der Waals surface area (Å²) in [7, 11) is 1.79. The molecule has 4 N–H and O–H groups in total. The third-order valence-electron chi connectivity index (χ3n) is 4.44. The van der Waals surface area contributed by atoms with Crippen LogP contribution in [0.4, 0.5) is 0 Å². The SMILES string of the molecule is Cn1ncc(-c2ccc(-c3ccc(C4NNNC4C(=O)O)cc3)cc2)n1. The molecule has 0 amide bonds. The molecule has 0 aliphatic carbocycles. The van der Waals surface area contributed by atoms with Crippen molar-refractivity contribution in [3.05, 3.63) is 60.3 Å². The molecule has 1 aromatic heterocycles. The molecule has 1 fully saturated rings. The summed E-state index contributed by atoms with van der Waals surface area (Å²) in [4.78, 5) is 12.8. The first kappa shape index (κ1) is 16.4. The van der Waals surface area contributed by atoms with E-state index in [4.69, 9.17) is 0 Å². The molecule has 26 heavy (non-hydrogen) atoms. The smallest absolute Gasteiger partial charge is 0.324 e. The van der Waals surface area contributed by atoms with Crippen LogP contribution >= 0.6 is 0 Å². The number of nitrogens with zero attached hydrogens (tertiary/aromatic N) is 3. The van der Waals surface area contributed by atoms with Crippen molar-refractivity contribution in [3.63, 3.8) is 0 Å². The van der Waals surface area contributed by atoms with E-state index in [0.717, 1.165) is 27.9 Å². The maximum Gasteiger partial charge on any atom is 0.324 e. The van der Waals surface area contributed by atoms with Crippen molar-refractivity contribution in [1.82, 2.24) is 31.4 Å². The number of hydrogen-bond donors (Lipinski definition) is 4. The van der Waals surface area contributed by atoms with Gasteiger partial charge in [-0.15, -0.1) is 0 Å². The predicted octanol–water partition coefficient (Wildman–Crippen LogP) is 1.26. The zero-order valence-corrected chi connectivity index (χ0v) is 14.0. The van der Waals surface area contributed by atoms with Crippen LogP contribution in [0.25, 0.3) is 22.4 Å². The van der Waals surface area contributed by atoms with Crippen molar-refractivity contribution in [2.24, 2.45) is 7.05 Å². The summed E-state index contributed by atoms with van der Waals surface area (Å²) in [6.07, 6.45) is 1.74. The van der Waals surface area contributed by atoms with E-state index in [0.29, 0.717) is 0 Å². The molecule has 1 aliphatic heterocycles. The average Bonchev–Trinajstić information content (AvgIpc) is 3.31. The zero-order valence-electron chi connectivity index (χ0n) is 14.0. The third kappa shape index (κ3) is 3.08. The van der Waals surface area contributed by atoms with Crippen LogP contribution in [0, 0.1) is 0 Å². The standard InChI is InChI=1S/C18H18N6O2/c1-24-19-10-15(22-24)13-6-2-11(3-7-13)12-4-8-14(9-5-12)16-17(18(25)26)21-23-20-16/h2-10,16-17,20-21,23H,1H3,(H,25,26). The molecule has 4 rings (SSSR count). The van der Waals surface area contributed by atoms with E-state index in [9.17, 15) is 9.90 Å². The van der Waals surface area contributed by atoms with Crippen molar-refractivity contribution < 1.29 is 9.90 Å². The van der Waals surface area contributed by atoms with Crippen LogP contribution in [0.1, 0.15) is 11.6 Å². The van der Waals surface area contributed by atoms with E-state index in [-0.39, 0.29) is 6.04 Å². The molecular weight excluding hydrogens is 332 g/mol. The van der Waals surface area contributed by atoms with Crippen molar-refractivity contribution in [3.8, 4) is 22.4 Å². The predicted molar refractivity (Wildman–Crippen MR) is 95.4 cm³/mol. The van der Waals surface area contributed by atoms with Gasteiger partial charge < -0.3 is 5.11 Å². The van der Waals surface area contributed by atoms with Gasteiger partial charge in [0.15, 0.2) is 0 Å². The Morgan fingerprint density at radius 2 is 1.62 bits per heavy atom. The monoisotopic (exact) mass is 350 g/mol. The lowest BCUT2D eigenvalue weighted by molar-refractivity contribution is -0.139. The zero-order chi connectivity index (χ0) is 18.1. The number of hydrogen-bond acceptors (Lipinski definition) is 6. The lowest BCUT2D eigenvalue weighted by Gasteiger charge is -2.15. The fourth-order valence-corrected chi connectivity index (χ4v) is 3.04. The summed E-state index contributed by atoms with van der Waals surface area (Å²) in [5.74, 6) is -0.906. The molecule has 2 aromatic carbocycles. The molecule has 8 nitrogen and oxygen atoms in total. The van der Waals surface area contributed by atoms with Crippen molar-refractivity contribution >= 4 is 5.97 Å². The molecule has 0 saturated carbocycles. The minimum atomic E-state index is -0.906. The van der Waals surface area contributed by atoms with E-state index in [1.807, 2.05) is 48.5 Å². The van der Waals surface area contributed by atoms with Gasteiger partial charge in [0.05, 0.1) is 12.2 Å². The minimum Gasteiger partial charge on any atom is -0.480 e. The van der Waals surface area contributed by atoms with Gasteiger partial charge in [-0.05, 0) is 16.7 Å². The molecule has 8 heteroatoms. The minimum absolute atomic E-state index is 0.333. The van der Waals surface area contributed by atoms with Gasteiger partial charge in [-0.25, -0.2) is 10.9 Å². The Hall–Kier alpha value is -3.07. The second-order valence-electron chi connectivity index (χ2n) is 6.13. The molecule has 2 heterocycles. The largest absolute Gasteiger partial charge is 0.480 e. The van der Waals surface area contributed by atoms with E-state index < -0.39 is 12.0 Å². The average molecular weight is 350 g/mol. The van der Waals surface area contributed by atoms with Crippen LogP contribution in [0.15, 0.2) is 54.7 Å². The van der Waals surface area contributed by atoms with Crippen LogP contribution in [-0.4, -0.2) is 32.1 Å². The van der Waals surface area contributed by atoms with Crippen molar-refractivity contribution in [2.75, 3.05) is 0 Å². The van der Waals surface area contributed by atoms with Crippen LogP contribution in [-0.2, 0) is 11.8 Å². The molecule has 0 bridgehead atoms. The molecule has 132 valence electrons. The summed E-state index contributed by atoms with van der Waals surface area (Å²) in [6.45, 7) is 0. The van der Waals surface area contributed by atoms with Gasteiger partial charge in [0.25, 0.3) is 0 Å². The normalized spacial score (nSPS) is 19.6.